The fourth-order valence-electron chi connectivity index (χ4n) is 2.47. The third-order valence-corrected chi connectivity index (χ3v) is 4.58. The van der Waals surface area contributed by atoms with Crippen molar-refractivity contribution in [3.05, 3.63) is 39.3 Å². The minimum Gasteiger partial charge on any atom is -0.478 e. The maximum absolute atomic E-state index is 11.3. The van der Waals surface area contributed by atoms with Crippen LogP contribution in [0.1, 0.15) is 49.2 Å². The molecule has 0 amide bonds. The van der Waals surface area contributed by atoms with Crippen molar-refractivity contribution in [1.82, 2.24) is 0 Å². The molecule has 1 N–H and O–H groups in total. The highest BCUT2D eigenvalue weighted by molar-refractivity contribution is 6.45. The Morgan fingerprint density at radius 3 is 2.35 bits per heavy atom. The average molecular weight is 317 g/mol. The Hall–Kier alpha value is -2.02. The zero-order chi connectivity index (χ0) is 17.4. The summed E-state index contributed by atoms with van der Waals surface area (Å²) in [6.07, 6.45) is 0.383. The van der Waals surface area contributed by atoms with Crippen molar-refractivity contribution in [2.24, 2.45) is 5.11 Å². The number of rotatable bonds is 4. The largest absolute Gasteiger partial charge is 0.478 e. The number of hydrogen-bond acceptors (Lipinski definition) is 4. The van der Waals surface area contributed by atoms with Crippen molar-refractivity contribution < 1.29 is 19.2 Å². The summed E-state index contributed by atoms with van der Waals surface area (Å²) >= 11 is 0. The monoisotopic (exact) mass is 317 g/mol. The van der Waals surface area contributed by atoms with Crippen LogP contribution < -0.4 is 0 Å². The Labute approximate surface area is 135 Å². The second-order valence-electron chi connectivity index (χ2n) is 6.66. The Morgan fingerprint density at radius 1 is 1.30 bits per heavy atom. The predicted octanol–water partition coefficient (Wildman–Crippen LogP) is 3.81. The molecule has 1 aliphatic rings. The number of carbonyl (C=O) groups is 1. The van der Waals surface area contributed by atoms with Crippen LogP contribution in [0.3, 0.4) is 0 Å². The van der Waals surface area contributed by atoms with Gasteiger partial charge in [0.05, 0.1) is 16.8 Å². The Balaban J connectivity index is 2.37. The Kier molecular flexibility index (Phi) is 4.44. The first-order chi connectivity index (χ1) is 10.6. The summed E-state index contributed by atoms with van der Waals surface area (Å²) in [6, 6.07) is 2.93. The zero-order valence-electron chi connectivity index (χ0n) is 14.0. The molecule has 1 aromatic rings. The summed E-state index contributed by atoms with van der Waals surface area (Å²) in [6.45, 7) is 9.62. The van der Waals surface area contributed by atoms with Gasteiger partial charge in [-0.05, 0) is 63.4 Å². The van der Waals surface area contributed by atoms with Crippen molar-refractivity contribution in [3.8, 4) is 0 Å². The van der Waals surface area contributed by atoms with E-state index in [1.165, 1.54) is 6.07 Å². The Bertz CT molecular complexity index is 680. The molecule has 7 nitrogen and oxygen atoms in total. The molecule has 1 heterocycles. The van der Waals surface area contributed by atoms with Gasteiger partial charge in [0.1, 0.15) is 0 Å². The van der Waals surface area contributed by atoms with Crippen LogP contribution >= 0.6 is 0 Å². The van der Waals surface area contributed by atoms with Crippen LogP contribution in [0.5, 0.6) is 0 Å². The molecular weight excluding hydrogens is 297 g/mol. The molecule has 0 unspecified atom stereocenters. The van der Waals surface area contributed by atoms with Gasteiger partial charge in [0.2, 0.25) is 0 Å². The molecule has 1 saturated heterocycles. The molecule has 0 spiro atoms. The van der Waals surface area contributed by atoms with E-state index in [1.807, 2.05) is 27.7 Å². The number of benzene rings is 1. The molecule has 0 radical (unpaired) electrons. The molecule has 0 atom stereocenters. The maximum atomic E-state index is 11.3. The third-order valence-electron chi connectivity index (χ3n) is 4.58. The first kappa shape index (κ1) is 17.3. The van der Waals surface area contributed by atoms with Crippen molar-refractivity contribution >= 4 is 18.8 Å². The standard InChI is InChI=1S/C15H20BN3O4/c1-9-11(6-10(13(20)21)7-12(9)18-19-17)8-16-22-14(2,3)15(4,5)23-16/h6-7H,8H2,1-5H3,(H,20,21). The lowest BCUT2D eigenvalue weighted by Gasteiger charge is -2.32. The van der Waals surface area contributed by atoms with E-state index in [0.717, 1.165) is 11.1 Å². The smallest absolute Gasteiger partial charge is 0.462 e. The van der Waals surface area contributed by atoms with Crippen LogP contribution in [0.4, 0.5) is 5.69 Å². The van der Waals surface area contributed by atoms with E-state index in [4.69, 9.17) is 14.8 Å². The fourth-order valence-corrected chi connectivity index (χ4v) is 2.47. The normalized spacial score (nSPS) is 18.6. The molecule has 0 bridgehead atoms. The minimum absolute atomic E-state index is 0.0736. The second-order valence-corrected chi connectivity index (χ2v) is 6.66. The first-order valence-corrected chi connectivity index (χ1v) is 7.35. The van der Waals surface area contributed by atoms with Crippen LogP contribution in [0, 0.1) is 6.92 Å². The summed E-state index contributed by atoms with van der Waals surface area (Å²) in [5.41, 5.74) is 9.57. The highest BCUT2D eigenvalue weighted by Gasteiger charge is 2.50. The van der Waals surface area contributed by atoms with Gasteiger partial charge in [0.15, 0.2) is 0 Å². The third kappa shape index (κ3) is 3.34. The summed E-state index contributed by atoms with van der Waals surface area (Å²) < 4.78 is 11.9. The van der Waals surface area contributed by atoms with E-state index in [2.05, 4.69) is 10.0 Å². The van der Waals surface area contributed by atoms with Crippen LogP contribution in [0.15, 0.2) is 17.2 Å². The van der Waals surface area contributed by atoms with Gasteiger partial charge >= 0.3 is 13.1 Å². The van der Waals surface area contributed by atoms with Gasteiger partial charge in [-0.2, -0.15) is 0 Å². The van der Waals surface area contributed by atoms with E-state index in [9.17, 15) is 9.90 Å². The lowest BCUT2D eigenvalue weighted by Crippen LogP contribution is -2.41. The van der Waals surface area contributed by atoms with Crippen molar-refractivity contribution in [2.75, 3.05) is 0 Å². The molecule has 1 fully saturated rings. The van der Waals surface area contributed by atoms with Crippen LogP contribution in [0.25, 0.3) is 10.4 Å². The van der Waals surface area contributed by atoms with Crippen molar-refractivity contribution in [3.63, 3.8) is 0 Å². The van der Waals surface area contributed by atoms with E-state index in [0.29, 0.717) is 12.0 Å². The molecule has 122 valence electrons. The SMILES string of the molecule is Cc1c(CB2OC(C)(C)C(C)(C)O2)cc(C(=O)O)cc1N=[N+]=[N-]. The summed E-state index contributed by atoms with van der Waals surface area (Å²) in [7, 11) is -0.485. The van der Waals surface area contributed by atoms with Crippen molar-refractivity contribution in [2.45, 2.75) is 52.1 Å². The predicted molar refractivity (Wildman–Crippen MR) is 86.7 cm³/mol. The Morgan fingerprint density at radius 2 is 1.87 bits per heavy atom. The van der Waals surface area contributed by atoms with E-state index < -0.39 is 24.3 Å². The van der Waals surface area contributed by atoms with Gasteiger partial charge in [-0.3, -0.25) is 0 Å². The minimum atomic E-state index is -1.07. The van der Waals surface area contributed by atoms with Crippen LogP contribution in [-0.4, -0.2) is 29.4 Å². The van der Waals surface area contributed by atoms with Crippen molar-refractivity contribution in [1.29, 1.82) is 0 Å². The zero-order valence-corrected chi connectivity index (χ0v) is 14.0. The number of aromatic carboxylic acids is 1. The van der Waals surface area contributed by atoms with E-state index in [1.54, 1.807) is 13.0 Å². The second kappa shape index (κ2) is 5.89. The quantitative estimate of drug-likeness (QED) is 0.394. The molecule has 23 heavy (non-hydrogen) atoms. The summed E-state index contributed by atoms with van der Waals surface area (Å²) in [5, 5.41) is 12.8. The number of azide groups is 1. The average Bonchev–Trinajstić information content (AvgIpc) is 2.61. The molecule has 0 saturated carbocycles. The van der Waals surface area contributed by atoms with E-state index in [-0.39, 0.29) is 5.56 Å². The summed E-state index contributed by atoms with van der Waals surface area (Å²) in [4.78, 5) is 14.0. The molecule has 0 aromatic heterocycles. The fraction of sp³-hybridized carbons (Fsp3) is 0.533. The highest BCUT2D eigenvalue weighted by atomic mass is 16.7. The first-order valence-electron chi connectivity index (χ1n) is 7.35. The molecule has 1 aromatic carbocycles. The number of hydrogen-bond donors (Lipinski definition) is 1. The molecular formula is C15H20BN3O4. The molecule has 8 heteroatoms. The van der Waals surface area contributed by atoms with Gasteiger partial charge in [-0.15, -0.1) is 0 Å². The summed E-state index contributed by atoms with van der Waals surface area (Å²) in [5.74, 6) is -1.07. The molecule has 1 aliphatic heterocycles. The maximum Gasteiger partial charge on any atom is 0.462 e. The van der Waals surface area contributed by atoms with E-state index >= 15 is 0 Å². The lowest BCUT2D eigenvalue weighted by atomic mass is 9.78. The van der Waals surface area contributed by atoms with Crippen LogP contribution in [-0.2, 0) is 15.6 Å². The number of carboxylic acids is 1. The van der Waals surface area contributed by atoms with Gasteiger partial charge in [-0.25, -0.2) is 4.79 Å². The topological polar surface area (TPSA) is 105 Å². The lowest BCUT2D eigenvalue weighted by molar-refractivity contribution is 0.00578. The number of nitrogens with zero attached hydrogens (tertiary/aromatic N) is 3. The molecule has 0 aliphatic carbocycles. The van der Waals surface area contributed by atoms with Crippen LogP contribution in [0.2, 0.25) is 0 Å². The highest BCUT2D eigenvalue weighted by Crippen LogP contribution is 2.38. The number of carboxylic acid groups (broad SMARTS) is 1. The van der Waals surface area contributed by atoms with Gasteiger partial charge < -0.3 is 14.4 Å². The van der Waals surface area contributed by atoms with Gasteiger partial charge in [-0.1, -0.05) is 5.11 Å². The van der Waals surface area contributed by atoms with Gasteiger partial charge in [0.25, 0.3) is 0 Å². The van der Waals surface area contributed by atoms with Gasteiger partial charge in [0, 0.05) is 16.9 Å². The molecule has 2 rings (SSSR count).